The quantitative estimate of drug-likeness (QED) is 0.317. The van der Waals surface area contributed by atoms with Crippen LogP contribution in [0.5, 0.6) is 0 Å². The highest BCUT2D eigenvalue weighted by molar-refractivity contribution is 7.98. The third-order valence-electron chi connectivity index (χ3n) is 5.02. The number of aromatic nitrogens is 2. The van der Waals surface area contributed by atoms with Crippen molar-refractivity contribution in [3.8, 4) is 5.69 Å². The number of fused-ring (bicyclic) bond motifs is 3. The molecule has 0 aliphatic rings. The van der Waals surface area contributed by atoms with Gasteiger partial charge in [0.2, 0.25) is 0 Å². The first-order chi connectivity index (χ1) is 14.8. The van der Waals surface area contributed by atoms with Gasteiger partial charge in [0.1, 0.15) is 11.3 Å². The summed E-state index contributed by atoms with van der Waals surface area (Å²) in [4.78, 5) is 14.0. The topological polar surface area (TPSA) is 36.2 Å². The number of esters is 1. The van der Waals surface area contributed by atoms with E-state index in [4.69, 9.17) is 4.74 Å². The first-order valence-corrected chi connectivity index (χ1v) is 10.7. The zero-order valence-electron chi connectivity index (χ0n) is 16.5. The fraction of sp³-hybridized carbons (Fsp3) is 0.0800. The van der Waals surface area contributed by atoms with Crippen LogP contribution in [0.4, 0.5) is 0 Å². The molecule has 148 valence electrons. The Labute approximate surface area is 178 Å². The predicted molar refractivity (Wildman–Crippen MR) is 122 cm³/mol. The standard InChI is InChI=1S/C25H20N2O2S/c1-2-29-25(28)23-17-21-20-15-9-10-16-22(20)27(30-19-13-7-4-8-14-19)24(21)26(23)18-11-5-3-6-12-18/h3-17H,2H2,1H3. The Bertz CT molecular complexity index is 1340. The lowest BCUT2D eigenvalue weighted by Gasteiger charge is -2.13. The van der Waals surface area contributed by atoms with E-state index in [1.807, 2.05) is 78.2 Å². The normalized spacial score (nSPS) is 11.2. The summed E-state index contributed by atoms with van der Waals surface area (Å²) in [5.41, 5.74) is 3.52. The molecule has 5 aromatic rings. The minimum atomic E-state index is -0.321. The highest BCUT2D eigenvalue weighted by Gasteiger charge is 2.24. The van der Waals surface area contributed by atoms with Crippen molar-refractivity contribution in [3.63, 3.8) is 0 Å². The number of nitrogens with zero attached hydrogens (tertiary/aromatic N) is 2. The van der Waals surface area contributed by atoms with Gasteiger partial charge in [0.15, 0.2) is 0 Å². The molecule has 0 N–H and O–H groups in total. The summed E-state index contributed by atoms with van der Waals surface area (Å²) in [5, 5.41) is 2.14. The highest BCUT2D eigenvalue weighted by atomic mass is 32.2. The summed E-state index contributed by atoms with van der Waals surface area (Å²) in [5.74, 6) is -0.321. The van der Waals surface area contributed by atoms with Gasteiger partial charge in [0.05, 0.1) is 12.1 Å². The van der Waals surface area contributed by atoms with Crippen molar-refractivity contribution in [1.29, 1.82) is 0 Å². The van der Waals surface area contributed by atoms with Crippen LogP contribution < -0.4 is 0 Å². The molecule has 0 radical (unpaired) electrons. The molecule has 0 atom stereocenters. The number of para-hydroxylation sites is 2. The molecule has 0 bridgehead atoms. The van der Waals surface area contributed by atoms with Gasteiger partial charge in [0, 0.05) is 21.4 Å². The molecule has 5 heteroatoms. The van der Waals surface area contributed by atoms with Gasteiger partial charge in [-0.2, -0.15) is 0 Å². The minimum Gasteiger partial charge on any atom is -0.461 e. The molecule has 4 nitrogen and oxygen atoms in total. The summed E-state index contributed by atoms with van der Waals surface area (Å²) >= 11 is 1.64. The van der Waals surface area contributed by atoms with Crippen molar-refractivity contribution in [3.05, 3.63) is 96.7 Å². The molecule has 3 aromatic carbocycles. The Morgan fingerprint density at radius 1 is 0.867 bits per heavy atom. The summed E-state index contributed by atoms with van der Waals surface area (Å²) in [6.45, 7) is 2.16. The summed E-state index contributed by atoms with van der Waals surface area (Å²) in [6.07, 6.45) is 0. The average Bonchev–Trinajstić information content (AvgIpc) is 3.32. The molecule has 5 rings (SSSR count). The van der Waals surface area contributed by atoms with Gasteiger partial charge in [0.25, 0.3) is 0 Å². The Kier molecular flexibility index (Phi) is 4.81. The lowest BCUT2D eigenvalue weighted by Crippen LogP contribution is -2.12. The van der Waals surface area contributed by atoms with Crippen LogP contribution in [-0.4, -0.2) is 21.1 Å². The first kappa shape index (κ1) is 18.6. The maximum atomic E-state index is 12.9. The molecular weight excluding hydrogens is 392 g/mol. The number of hydrogen-bond donors (Lipinski definition) is 0. The van der Waals surface area contributed by atoms with Gasteiger partial charge < -0.3 is 4.74 Å². The molecule has 0 aliphatic heterocycles. The summed E-state index contributed by atoms with van der Waals surface area (Å²) < 4.78 is 9.59. The Hall–Kier alpha value is -3.44. The van der Waals surface area contributed by atoms with Crippen LogP contribution in [-0.2, 0) is 4.74 Å². The van der Waals surface area contributed by atoms with Crippen molar-refractivity contribution >= 4 is 39.9 Å². The number of benzene rings is 3. The fourth-order valence-electron chi connectivity index (χ4n) is 3.76. The van der Waals surface area contributed by atoms with Crippen LogP contribution in [0.25, 0.3) is 27.6 Å². The summed E-state index contributed by atoms with van der Waals surface area (Å²) in [7, 11) is 0. The van der Waals surface area contributed by atoms with Crippen LogP contribution in [0.15, 0.2) is 95.9 Å². The van der Waals surface area contributed by atoms with Gasteiger partial charge in [-0.1, -0.05) is 54.6 Å². The predicted octanol–water partition coefficient (Wildman–Crippen LogP) is 6.32. The Balaban J connectivity index is 1.86. The van der Waals surface area contributed by atoms with Crippen molar-refractivity contribution in [2.24, 2.45) is 0 Å². The molecule has 2 heterocycles. The monoisotopic (exact) mass is 412 g/mol. The average molecular weight is 413 g/mol. The SMILES string of the molecule is CCOC(=O)c1cc2c3ccccc3n(Sc3ccccc3)c2n1-c1ccccc1. The van der Waals surface area contributed by atoms with Gasteiger partial charge in [-0.15, -0.1) is 0 Å². The van der Waals surface area contributed by atoms with Crippen LogP contribution in [0.1, 0.15) is 17.4 Å². The molecule has 0 spiro atoms. The Morgan fingerprint density at radius 3 is 2.27 bits per heavy atom. The van der Waals surface area contributed by atoms with Crippen molar-refractivity contribution < 1.29 is 9.53 Å². The van der Waals surface area contributed by atoms with E-state index < -0.39 is 0 Å². The molecule has 0 fully saturated rings. The van der Waals surface area contributed by atoms with E-state index in [9.17, 15) is 4.79 Å². The molecule has 2 aromatic heterocycles. The molecular formula is C25H20N2O2S. The minimum absolute atomic E-state index is 0.321. The van der Waals surface area contributed by atoms with Crippen molar-refractivity contribution in [1.82, 2.24) is 8.54 Å². The van der Waals surface area contributed by atoms with E-state index in [0.717, 1.165) is 32.5 Å². The van der Waals surface area contributed by atoms with Crippen LogP contribution in [0, 0.1) is 0 Å². The van der Waals surface area contributed by atoms with E-state index in [1.165, 1.54) is 0 Å². The van der Waals surface area contributed by atoms with E-state index in [1.54, 1.807) is 11.9 Å². The molecule has 0 aliphatic carbocycles. The molecule has 0 unspecified atom stereocenters. The van der Waals surface area contributed by atoms with E-state index in [0.29, 0.717) is 12.3 Å². The molecule has 0 saturated carbocycles. The maximum Gasteiger partial charge on any atom is 0.355 e. The van der Waals surface area contributed by atoms with E-state index >= 15 is 0 Å². The summed E-state index contributed by atoms with van der Waals surface area (Å²) in [6, 6.07) is 30.5. The smallest absolute Gasteiger partial charge is 0.355 e. The van der Waals surface area contributed by atoms with Gasteiger partial charge >= 0.3 is 5.97 Å². The third-order valence-corrected chi connectivity index (χ3v) is 6.05. The first-order valence-electron chi connectivity index (χ1n) is 9.88. The highest BCUT2D eigenvalue weighted by Crippen LogP contribution is 2.38. The second kappa shape index (κ2) is 7.76. The number of ether oxygens (including phenoxy) is 1. The van der Waals surface area contributed by atoms with E-state index in [2.05, 4.69) is 28.2 Å². The Morgan fingerprint density at radius 2 is 1.53 bits per heavy atom. The molecule has 30 heavy (non-hydrogen) atoms. The number of hydrogen-bond acceptors (Lipinski definition) is 3. The largest absolute Gasteiger partial charge is 0.461 e. The van der Waals surface area contributed by atoms with Gasteiger partial charge in [-0.25, -0.2) is 4.79 Å². The van der Waals surface area contributed by atoms with Crippen LogP contribution >= 0.6 is 11.9 Å². The molecule has 0 saturated heterocycles. The zero-order valence-corrected chi connectivity index (χ0v) is 17.3. The fourth-order valence-corrected chi connectivity index (χ4v) is 4.78. The number of rotatable bonds is 5. The lowest BCUT2D eigenvalue weighted by atomic mass is 10.2. The zero-order chi connectivity index (χ0) is 20.5. The third kappa shape index (κ3) is 3.08. The van der Waals surface area contributed by atoms with Gasteiger partial charge in [-0.3, -0.25) is 8.54 Å². The van der Waals surface area contributed by atoms with Crippen LogP contribution in [0.2, 0.25) is 0 Å². The van der Waals surface area contributed by atoms with E-state index in [-0.39, 0.29) is 5.97 Å². The second-order valence-electron chi connectivity index (χ2n) is 6.87. The number of carbonyl (C=O) groups excluding carboxylic acids is 1. The second-order valence-corrected chi connectivity index (χ2v) is 7.89. The number of carbonyl (C=O) groups is 1. The molecule has 0 amide bonds. The van der Waals surface area contributed by atoms with Crippen molar-refractivity contribution in [2.45, 2.75) is 11.8 Å². The lowest BCUT2D eigenvalue weighted by molar-refractivity contribution is 0.0517. The van der Waals surface area contributed by atoms with Gasteiger partial charge in [-0.05, 0) is 55.3 Å². The van der Waals surface area contributed by atoms with Crippen LogP contribution in [0.3, 0.4) is 0 Å². The van der Waals surface area contributed by atoms with Crippen molar-refractivity contribution in [2.75, 3.05) is 6.61 Å². The maximum absolute atomic E-state index is 12.9.